The van der Waals surface area contributed by atoms with E-state index in [9.17, 15) is 30.8 Å². The van der Waals surface area contributed by atoms with Crippen LogP contribution in [0, 0.1) is 23.3 Å². The molecule has 1 aromatic heterocycles. The second kappa shape index (κ2) is 9.42. The highest BCUT2D eigenvalue weighted by Crippen LogP contribution is 2.27. The van der Waals surface area contributed by atoms with Gasteiger partial charge in [0.15, 0.2) is 23.3 Å². The van der Waals surface area contributed by atoms with E-state index in [-0.39, 0.29) is 18.2 Å². The van der Waals surface area contributed by atoms with Crippen LogP contribution in [0.2, 0.25) is 0 Å². The van der Waals surface area contributed by atoms with E-state index in [4.69, 9.17) is 5.21 Å². The third kappa shape index (κ3) is 4.77. The van der Waals surface area contributed by atoms with Gasteiger partial charge in [-0.3, -0.25) is 15.0 Å². The standard InChI is InChI=1S/C20H15F4N3O4S/c21-15-8-16(18(23)19(24)17(15)22)32(30,31)27(11-13-2-1-7-25-9-13)10-12-3-5-14(6-4-12)20(28)26-29/h1-9,29H,10-11H2,(H,26,28). The second-order valence-corrected chi connectivity index (χ2v) is 8.48. The summed E-state index contributed by atoms with van der Waals surface area (Å²) in [5.41, 5.74) is 2.24. The summed E-state index contributed by atoms with van der Waals surface area (Å²) in [6, 6.07) is 8.48. The summed E-state index contributed by atoms with van der Waals surface area (Å²) >= 11 is 0. The van der Waals surface area contributed by atoms with E-state index < -0.39 is 50.6 Å². The minimum atomic E-state index is -4.86. The van der Waals surface area contributed by atoms with Crippen LogP contribution in [-0.2, 0) is 23.1 Å². The maximum atomic E-state index is 14.3. The Hall–Kier alpha value is -3.35. The molecule has 0 aliphatic carbocycles. The number of amides is 1. The third-order valence-electron chi connectivity index (χ3n) is 4.45. The zero-order chi connectivity index (χ0) is 23.5. The molecule has 168 valence electrons. The first-order chi connectivity index (χ1) is 15.1. The predicted molar refractivity (Wildman–Crippen MR) is 103 cm³/mol. The maximum absolute atomic E-state index is 14.3. The Morgan fingerprint density at radius 1 is 0.969 bits per heavy atom. The highest BCUT2D eigenvalue weighted by molar-refractivity contribution is 7.89. The number of hydrogen-bond acceptors (Lipinski definition) is 5. The van der Waals surface area contributed by atoms with Crippen LogP contribution < -0.4 is 5.48 Å². The monoisotopic (exact) mass is 469 g/mol. The fourth-order valence-corrected chi connectivity index (χ4v) is 4.31. The molecule has 0 saturated carbocycles. The van der Waals surface area contributed by atoms with Crippen molar-refractivity contribution in [3.8, 4) is 0 Å². The fraction of sp³-hybridized carbons (Fsp3) is 0.100. The SMILES string of the molecule is O=C(NO)c1ccc(CN(Cc2cccnc2)S(=O)(=O)c2cc(F)c(F)c(F)c2F)cc1. The van der Waals surface area contributed by atoms with Crippen molar-refractivity contribution in [3.63, 3.8) is 0 Å². The molecule has 32 heavy (non-hydrogen) atoms. The maximum Gasteiger partial charge on any atom is 0.274 e. The lowest BCUT2D eigenvalue weighted by Gasteiger charge is -2.23. The number of hydroxylamine groups is 1. The number of rotatable bonds is 7. The number of carbonyl (C=O) groups is 1. The average Bonchev–Trinajstić information content (AvgIpc) is 2.80. The lowest BCUT2D eigenvalue weighted by Crippen LogP contribution is -2.31. The molecule has 12 heteroatoms. The third-order valence-corrected chi connectivity index (χ3v) is 6.24. The molecule has 2 N–H and O–H groups in total. The average molecular weight is 469 g/mol. The minimum Gasteiger partial charge on any atom is -0.288 e. The van der Waals surface area contributed by atoms with Crippen LogP contribution >= 0.6 is 0 Å². The minimum absolute atomic E-state index is 0.0756. The van der Waals surface area contributed by atoms with E-state index in [1.807, 2.05) is 0 Å². The largest absolute Gasteiger partial charge is 0.288 e. The van der Waals surface area contributed by atoms with Crippen LogP contribution in [0.15, 0.2) is 59.8 Å². The summed E-state index contributed by atoms with van der Waals surface area (Å²) in [4.78, 5) is 13.9. The van der Waals surface area contributed by atoms with Crippen molar-refractivity contribution in [2.45, 2.75) is 18.0 Å². The van der Waals surface area contributed by atoms with Crippen molar-refractivity contribution in [1.82, 2.24) is 14.8 Å². The van der Waals surface area contributed by atoms with Gasteiger partial charge in [-0.05, 0) is 29.3 Å². The molecular weight excluding hydrogens is 454 g/mol. The highest BCUT2D eigenvalue weighted by atomic mass is 32.2. The van der Waals surface area contributed by atoms with Crippen molar-refractivity contribution in [1.29, 1.82) is 0 Å². The Bertz CT molecular complexity index is 1240. The topological polar surface area (TPSA) is 99.6 Å². The Morgan fingerprint density at radius 2 is 1.62 bits per heavy atom. The van der Waals surface area contributed by atoms with E-state index in [0.717, 1.165) is 4.31 Å². The number of aromatic nitrogens is 1. The van der Waals surface area contributed by atoms with Gasteiger partial charge in [0.2, 0.25) is 10.0 Å². The summed E-state index contributed by atoms with van der Waals surface area (Å²) < 4.78 is 82.0. The van der Waals surface area contributed by atoms with Gasteiger partial charge in [0.05, 0.1) is 0 Å². The van der Waals surface area contributed by atoms with Gasteiger partial charge < -0.3 is 0 Å². The van der Waals surface area contributed by atoms with E-state index >= 15 is 0 Å². The number of sulfonamides is 1. The summed E-state index contributed by atoms with van der Waals surface area (Å²) in [5.74, 6) is -9.07. The number of pyridine rings is 1. The summed E-state index contributed by atoms with van der Waals surface area (Å²) in [6.45, 7) is -0.743. The Morgan fingerprint density at radius 3 is 2.22 bits per heavy atom. The normalized spacial score (nSPS) is 11.6. The first kappa shape index (κ1) is 23.3. The van der Waals surface area contributed by atoms with Gasteiger partial charge >= 0.3 is 0 Å². The zero-order valence-corrected chi connectivity index (χ0v) is 16.9. The van der Waals surface area contributed by atoms with Gasteiger partial charge in [-0.25, -0.2) is 31.5 Å². The van der Waals surface area contributed by atoms with Crippen molar-refractivity contribution in [3.05, 3.63) is 94.8 Å². The number of carbonyl (C=O) groups excluding carboxylic acids is 1. The zero-order valence-electron chi connectivity index (χ0n) is 16.1. The molecule has 0 aliphatic rings. The molecule has 0 unspecified atom stereocenters. The molecule has 0 aliphatic heterocycles. The summed E-state index contributed by atoms with van der Waals surface area (Å²) in [7, 11) is -4.86. The van der Waals surface area contributed by atoms with E-state index in [1.165, 1.54) is 54.3 Å². The van der Waals surface area contributed by atoms with Gasteiger partial charge in [-0.1, -0.05) is 18.2 Å². The molecule has 1 amide bonds. The van der Waals surface area contributed by atoms with Crippen molar-refractivity contribution in [2.75, 3.05) is 0 Å². The van der Waals surface area contributed by atoms with E-state index in [0.29, 0.717) is 11.1 Å². The van der Waals surface area contributed by atoms with Gasteiger partial charge in [-0.15, -0.1) is 0 Å². The predicted octanol–water partition coefficient (Wildman–Crippen LogP) is 3.15. The number of halogens is 4. The molecule has 0 spiro atoms. The Labute approximate surface area is 180 Å². The molecule has 1 heterocycles. The van der Waals surface area contributed by atoms with Crippen LogP contribution in [0.3, 0.4) is 0 Å². The smallest absolute Gasteiger partial charge is 0.274 e. The van der Waals surface area contributed by atoms with Gasteiger partial charge in [0.25, 0.3) is 5.91 Å². The molecular formula is C20H15F4N3O4S. The summed E-state index contributed by atoms with van der Waals surface area (Å²) in [5, 5.41) is 8.67. The first-order valence-corrected chi connectivity index (χ1v) is 10.3. The van der Waals surface area contributed by atoms with E-state index in [2.05, 4.69) is 4.98 Å². The number of hydrogen-bond donors (Lipinski definition) is 2. The van der Waals surface area contributed by atoms with Gasteiger partial charge in [0.1, 0.15) is 4.90 Å². The summed E-state index contributed by atoms with van der Waals surface area (Å²) in [6.07, 6.45) is 2.79. The molecule has 0 atom stereocenters. The number of nitrogens with zero attached hydrogens (tertiary/aromatic N) is 2. The highest BCUT2D eigenvalue weighted by Gasteiger charge is 2.32. The molecule has 3 aromatic rings. The van der Waals surface area contributed by atoms with Crippen LogP contribution in [-0.4, -0.2) is 28.8 Å². The molecule has 7 nitrogen and oxygen atoms in total. The van der Waals surface area contributed by atoms with E-state index in [1.54, 1.807) is 0 Å². The lowest BCUT2D eigenvalue weighted by molar-refractivity contribution is 0.0706. The van der Waals surface area contributed by atoms with Crippen LogP contribution in [0.25, 0.3) is 0 Å². The van der Waals surface area contributed by atoms with Gasteiger partial charge in [-0.2, -0.15) is 4.31 Å². The number of benzene rings is 2. The molecule has 0 bridgehead atoms. The van der Waals surface area contributed by atoms with Gasteiger partial charge in [0, 0.05) is 37.1 Å². The Balaban J connectivity index is 2.04. The molecule has 0 fully saturated rings. The van der Waals surface area contributed by atoms with Crippen molar-refractivity contribution >= 4 is 15.9 Å². The Kier molecular flexibility index (Phi) is 6.87. The molecule has 3 rings (SSSR count). The molecule has 0 saturated heterocycles. The number of nitrogens with one attached hydrogen (secondary N) is 1. The first-order valence-electron chi connectivity index (χ1n) is 8.90. The second-order valence-electron chi connectivity index (χ2n) is 6.57. The molecule has 0 radical (unpaired) electrons. The van der Waals surface area contributed by atoms with Crippen LogP contribution in [0.5, 0.6) is 0 Å². The van der Waals surface area contributed by atoms with Crippen LogP contribution in [0.1, 0.15) is 21.5 Å². The van der Waals surface area contributed by atoms with Crippen molar-refractivity contribution < 1.29 is 36.0 Å². The van der Waals surface area contributed by atoms with Crippen molar-refractivity contribution in [2.24, 2.45) is 0 Å². The molecule has 2 aromatic carbocycles. The fourth-order valence-electron chi connectivity index (χ4n) is 2.83. The lowest BCUT2D eigenvalue weighted by atomic mass is 10.1. The quantitative estimate of drug-likeness (QED) is 0.182. The van der Waals surface area contributed by atoms with Crippen LogP contribution in [0.4, 0.5) is 17.6 Å².